The van der Waals surface area contributed by atoms with E-state index in [1.54, 1.807) is 42.5 Å². The quantitative estimate of drug-likeness (QED) is 0.456. The number of carbonyl (C=O) groups excluding carboxylic acids is 1. The predicted molar refractivity (Wildman–Crippen MR) is 124 cm³/mol. The first-order valence-corrected chi connectivity index (χ1v) is 11.6. The lowest BCUT2D eigenvalue weighted by Crippen LogP contribution is -2.28. The van der Waals surface area contributed by atoms with Crippen LogP contribution in [0.15, 0.2) is 71.6 Å². The van der Waals surface area contributed by atoms with E-state index in [0.717, 1.165) is 5.56 Å². The Kier molecular flexibility index (Phi) is 7.84. The van der Waals surface area contributed by atoms with Gasteiger partial charge in [-0.05, 0) is 54.1 Å². The minimum atomic E-state index is -3.87. The molecule has 0 aliphatic carbocycles. The molecule has 0 heterocycles. The number of hydrogen-bond donors (Lipinski definition) is 2. The van der Waals surface area contributed by atoms with Crippen LogP contribution in [-0.2, 0) is 21.4 Å². The third kappa shape index (κ3) is 6.29. The Bertz CT molecular complexity index is 1200. The van der Waals surface area contributed by atoms with Crippen LogP contribution < -0.4 is 19.5 Å². The van der Waals surface area contributed by atoms with Crippen molar-refractivity contribution in [2.45, 2.75) is 11.4 Å². The van der Waals surface area contributed by atoms with Gasteiger partial charge in [-0.2, -0.15) is 0 Å². The van der Waals surface area contributed by atoms with E-state index in [2.05, 4.69) is 10.0 Å². The lowest BCUT2D eigenvalue weighted by atomic mass is 10.2. The van der Waals surface area contributed by atoms with Gasteiger partial charge in [0.15, 0.2) is 6.61 Å². The van der Waals surface area contributed by atoms with E-state index in [1.807, 2.05) is 6.07 Å². The second kappa shape index (κ2) is 10.6. The molecule has 2 N–H and O–H groups in total. The van der Waals surface area contributed by atoms with Crippen LogP contribution >= 0.6 is 23.2 Å². The average Bonchev–Trinajstić information content (AvgIpc) is 2.78. The summed E-state index contributed by atoms with van der Waals surface area (Å²) in [6, 6.07) is 17.6. The van der Waals surface area contributed by atoms with Crippen molar-refractivity contribution in [1.29, 1.82) is 0 Å². The standard InChI is InChI=1S/C22H20Cl2N2O5S/c1-30-17-8-6-16(7-9-17)26-32(28,29)18-10-11-21(20(24)12-18)31-14-22(27)25-13-15-4-2-3-5-19(15)23/h2-12,26H,13-14H2,1H3,(H,25,27). The zero-order valence-electron chi connectivity index (χ0n) is 17.0. The number of anilines is 1. The summed E-state index contributed by atoms with van der Waals surface area (Å²) >= 11 is 12.2. The summed E-state index contributed by atoms with van der Waals surface area (Å²) in [5, 5.41) is 3.30. The maximum atomic E-state index is 12.6. The SMILES string of the molecule is COc1ccc(NS(=O)(=O)c2ccc(OCC(=O)NCc3ccccc3Cl)c(Cl)c2)cc1. The number of hydrogen-bond acceptors (Lipinski definition) is 5. The normalized spacial score (nSPS) is 11.0. The molecule has 0 unspecified atom stereocenters. The number of nitrogens with one attached hydrogen (secondary N) is 2. The summed E-state index contributed by atoms with van der Waals surface area (Å²) < 4.78 is 38.2. The van der Waals surface area contributed by atoms with Crippen molar-refractivity contribution in [2.24, 2.45) is 0 Å². The number of sulfonamides is 1. The second-order valence-electron chi connectivity index (χ2n) is 6.58. The van der Waals surface area contributed by atoms with Gasteiger partial charge in [0.1, 0.15) is 11.5 Å². The molecule has 0 radical (unpaired) electrons. The van der Waals surface area contributed by atoms with Crippen LogP contribution in [0.25, 0.3) is 0 Å². The van der Waals surface area contributed by atoms with Crippen molar-refractivity contribution in [1.82, 2.24) is 5.32 Å². The summed E-state index contributed by atoms with van der Waals surface area (Å²) in [5.41, 5.74) is 1.15. The van der Waals surface area contributed by atoms with Gasteiger partial charge in [-0.1, -0.05) is 41.4 Å². The number of rotatable bonds is 9. The van der Waals surface area contributed by atoms with Crippen molar-refractivity contribution in [2.75, 3.05) is 18.4 Å². The van der Waals surface area contributed by atoms with Gasteiger partial charge in [-0.25, -0.2) is 8.42 Å². The molecule has 0 aromatic heterocycles. The summed E-state index contributed by atoms with van der Waals surface area (Å²) in [7, 11) is -2.35. The van der Waals surface area contributed by atoms with Gasteiger partial charge in [0.25, 0.3) is 15.9 Å². The van der Waals surface area contributed by atoms with E-state index in [1.165, 1.54) is 25.3 Å². The Morgan fingerprint density at radius 1 is 0.969 bits per heavy atom. The molecule has 0 spiro atoms. The third-order valence-electron chi connectivity index (χ3n) is 4.35. The number of ether oxygens (including phenoxy) is 2. The monoisotopic (exact) mass is 494 g/mol. The van der Waals surface area contributed by atoms with Crippen LogP contribution in [0.1, 0.15) is 5.56 Å². The molecule has 3 aromatic rings. The Hall–Kier alpha value is -2.94. The fraction of sp³-hybridized carbons (Fsp3) is 0.136. The summed E-state index contributed by atoms with van der Waals surface area (Å²) in [5.74, 6) is 0.412. The molecule has 7 nitrogen and oxygen atoms in total. The highest BCUT2D eigenvalue weighted by Crippen LogP contribution is 2.28. The van der Waals surface area contributed by atoms with Crippen LogP contribution in [0, 0.1) is 0 Å². The molecule has 1 amide bonds. The van der Waals surface area contributed by atoms with E-state index in [9.17, 15) is 13.2 Å². The largest absolute Gasteiger partial charge is 0.497 e. The number of halogens is 2. The molecule has 168 valence electrons. The number of amides is 1. The molecule has 10 heteroatoms. The second-order valence-corrected chi connectivity index (χ2v) is 9.08. The lowest BCUT2D eigenvalue weighted by molar-refractivity contribution is -0.123. The molecule has 0 aliphatic rings. The predicted octanol–water partition coefficient (Wildman–Crippen LogP) is 4.50. The summed E-state index contributed by atoms with van der Waals surface area (Å²) in [6.07, 6.45) is 0. The highest BCUT2D eigenvalue weighted by molar-refractivity contribution is 7.92. The van der Waals surface area contributed by atoms with Crippen molar-refractivity contribution >= 4 is 44.8 Å². The van der Waals surface area contributed by atoms with E-state index in [0.29, 0.717) is 16.5 Å². The fourth-order valence-corrected chi connectivity index (χ4v) is 4.26. The zero-order valence-corrected chi connectivity index (χ0v) is 19.3. The highest BCUT2D eigenvalue weighted by atomic mass is 35.5. The molecule has 0 atom stereocenters. The number of carbonyl (C=O) groups is 1. The summed E-state index contributed by atoms with van der Waals surface area (Å²) in [6.45, 7) is -0.0375. The van der Waals surface area contributed by atoms with Crippen LogP contribution in [0.4, 0.5) is 5.69 Å². The molecule has 0 saturated heterocycles. The van der Waals surface area contributed by atoms with E-state index < -0.39 is 10.0 Å². The van der Waals surface area contributed by atoms with Crippen molar-refractivity contribution in [3.8, 4) is 11.5 Å². The molecule has 0 fully saturated rings. The first-order valence-electron chi connectivity index (χ1n) is 9.38. The Labute approximate surface area is 196 Å². The van der Waals surface area contributed by atoms with Gasteiger partial charge < -0.3 is 14.8 Å². The molecule has 0 bridgehead atoms. The smallest absolute Gasteiger partial charge is 0.261 e. The minimum Gasteiger partial charge on any atom is -0.497 e. The van der Waals surface area contributed by atoms with E-state index >= 15 is 0 Å². The topological polar surface area (TPSA) is 93.7 Å². The Morgan fingerprint density at radius 2 is 1.69 bits per heavy atom. The number of benzene rings is 3. The van der Waals surface area contributed by atoms with Gasteiger partial charge in [-0.15, -0.1) is 0 Å². The third-order valence-corrected chi connectivity index (χ3v) is 6.39. The Balaban J connectivity index is 1.59. The fourth-order valence-electron chi connectivity index (χ4n) is 2.67. The van der Waals surface area contributed by atoms with Crippen LogP contribution in [0.2, 0.25) is 10.0 Å². The lowest BCUT2D eigenvalue weighted by Gasteiger charge is -2.12. The van der Waals surface area contributed by atoms with Crippen LogP contribution in [0.5, 0.6) is 11.5 Å². The first kappa shape index (κ1) is 23.7. The molecular weight excluding hydrogens is 475 g/mol. The van der Waals surface area contributed by atoms with E-state index in [-0.39, 0.29) is 34.7 Å². The van der Waals surface area contributed by atoms with Crippen molar-refractivity contribution in [3.63, 3.8) is 0 Å². The average molecular weight is 495 g/mol. The minimum absolute atomic E-state index is 0.0474. The highest BCUT2D eigenvalue weighted by Gasteiger charge is 2.17. The first-order chi connectivity index (χ1) is 15.3. The zero-order chi connectivity index (χ0) is 23.1. The molecule has 3 rings (SSSR count). The van der Waals surface area contributed by atoms with Gasteiger partial charge in [0.05, 0.1) is 17.0 Å². The van der Waals surface area contributed by atoms with Crippen LogP contribution in [0.3, 0.4) is 0 Å². The maximum Gasteiger partial charge on any atom is 0.261 e. The molecule has 0 aliphatic heterocycles. The maximum absolute atomic E-state index is 12.6. The van der Waals surface area contributed by atoms with Gasteiger partial charge in [0, 0.05) is 17.3 Å². The molecule has 0 saturated carbocycles. The Morgan fingerprint density at radius 3 is 2.34 bits per heavy atom. The summed E-state index contributed by atoms with van der Waals surface area (Å²) in [4.78, 5) is 12.0. The van der Waals surface area contributed by atoms with Gasteiger partial charge >= 0.3 is 0 Å². The van der Waals surface area contributed by atoms with Gasteiger partial charge in [-0.3, -0.25) is 9.52 Å². The molecule has 32 heavy (non-hydrogen) atoms. The molecular formula is C22H20Cl2N2O5S. The van der Waals surface area contributed by atoms with Gasteiger partial charge in [0.2, 0.25) is 0 Å². The van der Waals surface area contributed by atoms with Crippen molar-refractivity contribution < 1.29 is 22.7 Å². The molecule has 3 aromatic carbocycles. The number of methoxy groups -OCH3 is 1. The van der Waals surface area contributed by atoms with Crippen molar-refractivity contribution in [3.05, 3.63) is 82.3 Å². The van der Waals surface area contributed by atoms with E-state index in [4.69, 9.17) is 32.7 Å². The van der Waals surface area contributed by atoms with Crippen LogP contribution in [-0.4, -0.2) is 28.0 Å².